The van der Waals surface area contributed by atoms with E-state index in [-0.39, 0.29) is 17.7 Å². The molecule has 0 bridgehead atoms. The van der Waals surface area contributed by atoms with Gasteiger partial charge in [0, 0.05) is 11.1 Å². The summed E-state index contributed by atoms with van der Waals surface area (Å²) in [4.78, 5) is 25.6. The van der Waals surface area contributed by atoms with Gasteiger partial charge < -0.3 is 29.6 Å². The Bertz CT molecular complexity index is 1330. The molecule has 3 aromatic carbocycles. The number of ether oxygens (including phenoxy) is 4. The van der Waals surface area contributed by atoms with Crippen molar-refractivity contribution in [1.82, 2.24) is 5.32 Å². The maximum absolute atomic E-state index is 12.9. The first kappa shape index (κ1) is 22.3. The lowest BCUT2D eigenvalue weighted by Gasteiger charge is -2.22. The summed E-state index contributed by atoms with van der Waals surface area (Å²) >= 11 is 0. The Kier molecular flexibility index (Phi) is 6.01. The van der Waals surface area contributed by atoms with E-state index in [1.807, 2.05) is 43.3 Å². The minimum Gasteiger partial charge on any atom is -0.496 e. The second-order valence-corrected chi connectivity index (χ2v) is 8.12. The predicted octanol–water partition coefficient (Wildman–Crippen LogP) is 4.33. The van der Waals surface area contributed by atoms with Crippen LogP contribution < -0.4 is 29.6 Å². The lowest BCUT2D eigenvalue weighted by molar-refractivity contribution is -0.115. The van der Waals surface area contributed by atoms with Crippen molar-refractivity contribution in [2.24, 2.45) is 0 Å². The van der Waals surface area contributed by atoms with Crippen molar-refractivity contribution in [3.05, 3.63) is 83.1 Å². The van der Waals surface area contributed by atoms with Crippen LogP contribution >= 0.6 is 0 Å². The number of carbonyl (C=O) groups excluding carboxylic acids is 2. The number of para-hydroxylation sites is 1. The molecule has 0 unspecified atom stereocenters. The highest BCUT2D eigenvalue weighted by Gasteiger charge is 2.24. The molecule has 3 aromatic rings. The Morgan fingerprint density at radius 1 is 1.03 bits per heavy atom. The Morgan fingerprint density at radius 2 is 1.80 bits per heavy atom. The summed E-state index contributed by atoms with van der Waals surface area (Å²) in [6.07, 6.45) is 1.62. The van der Waals surface area contributed by atoms with Gasteiger partial charge in [0.1, 0.15) is 19.0 Å². The average molecular weight is 472 g/mol. The van der Waals surface area contributed by atoms with E-state index < -0.39 is 5.91 Å². The molecule has 0 aromatic heterocycles. The smallest absolute Gasteiger partial charge is 0.291 e. The summed E-state index contributed by atoms with van der Waals surface area (Å²) in [7, 11) is 1.57. The largest absolute Gasteiger partial charge is 0.496 e. The molecule has 35 heavy (non-hydrogen) atoms. The van der Waals surface area contributed by atoms with Crippen molar-refractivity contribution >= 4 is 23.6 Å². The first-order chi connectivity index (χ1) is 17.0. The number of fused-ring (bicyclic) bond motifs is 2. The predicted molar refractivity (Wildman–Crippen MR) is 130 cm³/mol. The Morgan fingerprint density at radius 3 is 2.63 bits per heavy atom. The van der Waals surface area contributed by atoms with E-state index in [0.29, 0.717) is 53.0 Å². The highest BCUT2D eigenvalue weighted by atomic mass is 16.6. The van der Waals surface area contributed by atoms with Crippen LogP contribution in [0.25, 0.3) is 6.08 Å². The number of anilines is 1. The molecule has 1 atom stereocenters. The molecule has 2 aliphatic heterocycles. The minimum atomic E-state index is -0.411. The van der Waals surface area contributed by atoms with Crippen molar-refractivity contribution in [1.29, 1.82) is 0 Å². The SMILES string of the molecule is COc1ccccc1/C=C1/Oc2ccc(C(=O)N[C@H](C)c3ccc4c(c3)OCCO4)cc2NC1=O. The fraction of sp³-hybridized carbons (Fsp3) is 0.185. The van der Waals surface area contributed by atoms with E-state index in [2.05, 4.69) is 10.6 Å². The van der Waals surface area contributed by atoms with Crippen LogP contribution in [0.3, 0.4) is 0 Å². The molecule has 8 nitrogen and oxygen atoms in total. The molecular weight excluding hydrogens is 448 g/mol. The first-order valence-electron chi connectivity index (χ1n) is 11.2. The normalized spacial score (nSPS) is 15.9. The first-order valence-corrected chi connectivity index (χ1v) is 11.2. The van der Waals surface area contributed by atoms with Gasteiger partial charge in [-0.15, -0.1) is 0 Å². The van der Waals surface area contributed by atoms with Crippen molar-refractivity contribution in [2.45, 2.75) is 13.0 Å². The summed E-state index contributed by atoms with van der Waals surface area (Å²) in [6.45, 7) is 2.91. The molecule has 0 fully saturated rings. The lowest BCUT2D eigenvalue weighted by Crippen LogP contribution is -2.28. The van der Waals surface area contributed by atoms with Gasteiger partial charge in [-0.25, -0.2) is 0 Å². The Labute approximate surface area is 202 Å². The zero-order valence-electron chi connectivity index (χ0n) is 19.3. The molecule has 0 radical (unpaired) electrons. The number of hydrogen-bond donors (Lipinski definition) is 2. The minimum absolute atomic E-state index is 0.131. The fourth-order valence-electron chi connectivity index (χ4n) is 3.92. The van der Waals surface area contributed by atoms with Crippen LogP contribution in [-0.2, 0) is 4.79 Å². The third-order valence-corrected chi connectivity index (χ3v) is 5.77. The molecular formula is C27H24N2O6. The average Bonchev–Trinajstić information content (AvgIpc) is 2.88. The van der Waals surface area contributed by atoms with Crippen molar-refractivity contribution < 1.29 is 28.5 Å². The molecule has 2 N–H and O–H groups in total. The van der Waals surface area contributed by atoms with E-state index in [1.54, 1.807) is 37.5 Å². The van der Waals surface area contributed by atoms with Gasteiger partial charge in [0.15, 0.2) is 23.0 Å². The molecule has 0 saturated heterocycles. The number of amides is 2. The fourth-order valence-corrected chi connectivity index (χ4v) is 3.92. The van der Waals surface area contributed by atoms with E-state index in [0.717, 1.165) is 5.56 Å². The second kappa shape index (κ2) is 9.42. The van der Waals surface area contributed by atoms with E-state index in [9.17, 15) is 9.59 Å². The molecule has 178 valence electrons. The monoisotopic (exact) mass is 472 g/mol. The number of carbonyl (C=O) groups is 2. The summed E-state index contributed by atoms with van der Waals surface area (Å²) in [5, 5.41) is 5.78. The van der Waals surface area contributed by atoms with Gasteiger partial charge in [-0.1, -0.05) is 24.3 Å². The van der Waals surface area contributed by atoms with E-state index in [1.165, 1.54) is 0 Å². The summed E-state index contributed by atoms with van der Waals surface area (Å²) in [5.74, 6) is 1.88. The Balaban J connectivity index is 1.31. The quantitative estimate of drug-likeness (QED) is 0.537. The van der Waals surface area contributed by atoms with Crippen LogP contribution in [0.1, 0.15) is 34.5 Å². The zero-order valence-corrected chi connectivity index (χ0v) is 19.3. The van der Waals surface area contributed by atoms with Crippen molar-refractivity contribution in [3.63, 3.8) is 0 Å². The van der Waals surface area contributed by atoms with Gasteiger partial charge in [0.2, 0.25) is 0 Å². The number of hydrogen-bond acceptors (Lipinski definition) is 6. The Hall–Kier alpha value is -4.46. The number of benzene rings is 3. The molecule has 0 spiro atoms. The van der Waals surface area contributed by atoms with Gasteiger partial charge in [0.05, 0.1) is 18.8 Å². The van der Waals surface area contributed by atoms with Gasteiger partial charge in [-0.3, -0.25) is 9.59 Å². The number of nitrogens with one attached hydrogen (secondary N) is 2. The van der Waals surface area contributed by atoms with Crippen molar-refractivity contribution in [2.75, 3.05) is 25.6 Å². The second-order valence-electron chi connectivity index (χ2n) is 8.12. The maximum atomic E-state index is 12.9. The number of methoxy groups -OCH3 is 1. The summed E-state index contributed by atoms with van der Waals surface area (Å²) in [6, 6.07) is 17.6. The van der Waals surface area contributed by atoms with Crippen LogP contribution in [0, 0.1) is 0 Å². The third-order valence-electron chi connectivity index (χ3n) is 5.77. The van der Waals surface area contributed by atoms with Crippen LogP contribution in [0.2, 0.25) is 0 Å². The highest BCUT2D eigenvalue weighted by molar-refractivity contribution is 6.09. The van der Waals surface area contributed by atoms with Gasteiger partial charge in [-0.05, 0) is 55.0 Å². The van der Waals surface area contributed by atoms with Crippen LogP contribution in [-0.4, -0.2) is 32.1 Å². The standard InChI is InChI=1S/C27H24N2O6/c1-16(17-7-10-23-24(14-17)34-12-11-33-23)28-26(30)19-8-9-22-20(13-19)29-27(31)25(35-22)15-18-5-3-4-6-21(18)32-2/h3-10,13-16H,11-12H2,1-2H3,(H,28,30)(H,29,31)/b25-15+/t16-/m1/s1. The van der Waals surface area contributed by atoms with Crippen LogP contribution in [0.4, 0.5) is 5.69 Å². The van der Waals surface area contributed by atoms with E-state index in [4.69, 9.17) is 18.9 Å². The summed E-state index contributed by atoms with van der Waals surface area (Å²) in [5.41, 5.74) is 2.43. The molecule has 2 aliphatic rings. The van der Waals surface area contributed by atoms with E-state index >= 15 is 0 Å². The lowest BCUT2D eigenvalue weighted by atomic mass is 10.1. The molecule has 2 heterocycles. The van der Waals surface area contributed by atoms with Crippen LogP contribution in [0.5, 0.6) is 23.0 Å². The number of rotatable bonds is 5. The highest BCUT2D eigenvalue weighted by Crippen LogP contribution is 2.34. The van der Waals surface area contributed by atoms with Crippen molar-refractivity contribution in [3.8, 4) is 23.0 Å². The summed E-state index contributed by atoms with van der Waals surface area (Å²) < 4.78 is 22.3. The topological polar surface area (TPSA) is 95.1 Å². The zero-order chi connectivity index (χ0) is 24.4. The molecule has 5 rings (SSSR count). The molecule has 2 amide bonds. The maximum Gasteiger partial charge on any atom is 0.291 e. The molecule has 0 saturated carbocycles. The molecule has 8 heteroatoms. The van der Waals surface area contributed by atoms with Gasteiger partial charge >= 0.3 is 0 Å². The van der Waals surface area contributed by atoms with Crippen LogP contribution in [0.15, 0.2) is 66.4 Å². The molecule has 0 aliphatic carbocycles. The van der Waals surface area contributed by atoms with Gasteiger partial charge in [0.25, 0.3) is 11.8 Å². The third kappa shape index (κ3) is 4.63. The van der Waals surface area contributed by atoms with Gasteiger partial charge in [-0.2, -0.15) is 0 Å².